The third-order valence-corrected chi connectivity index (χ3v) is 6.77. The first-order valence-corrected chi connectivity index (χ1v) is 10.7. The number of hydrogen-bond acceptors (Lipinski definition) is 5. The number of hydrogen-bond donors (Lipinski definition) is 0. The fraction of sp³-hybridized carbons (Fsp3) is 0.250. The number of piperazine rings is 1. The van der Waals surface area contributed by atoms with Crippen LogP contribution in [0.1, 0.15) is 10.6 Å². The maximum absolute atomic E-state index is 12.8. The van der Waals surface area contributed by atoms with E-state index in [1.54, 1.807) is 18.2 Å². The summed E-state index contributed by atoms with van der Waals surface area (Å²) in [6.45, 7) is 0.416. The first-order chi connectivity index (χ1) is 14.6. The van der Waals surface area contributed by atoms with Gasteiger partial charge in [0.05, 0.1) is 4.90 Å². The van der Waals surface area contributed by atoms with Crippen molar-refractivity contribution in [1.29, 1.82) is 0 Å². The highest BCUT2D eigenvalue weighted by atomic mass is 32.2. The van der Waals surface area contributed by atoms with Gasteiger partial charge in [-0.25, -0.2) is 8.42 Å². The Morgan fingerprint density at radius 2 is 1.61 bits per heavy atom. The highest BCUT2D eigenvalue weighted by Gasteiger charge is 2.33. The van der Waals surface area contributed by atoms with Crippen LogP contribution in [-0.4, -0.2) is 56.1 Å². The SMILES string of the molecule is O=C(c1cc2ccccc2o1)N1CCN(S(=O)(=O)c2ccc(OC(F)(F)F)cc2)CC1. The summed E-state index contributed by atoms with van der Waals surface area (Å²) in [5, 5.41) is 0.796. The number of furan rings is 1. The molecular weight excluding hydrogens is 437 g/mol. The van der Waals surface area contributed by atoms with E-state index in [0.717, 1.165) is 29.7 Å². The lowest BCUT2D eigenvalue weighted by molar-refractivity contribution is -0.274. The Hall–Kier alpha value is -3.05. The summed E-state index contributed by atoms with van der Waals surface area (Å²) in [6.07, 6.45) is -4.86. The second-order valence-electron chi connectivity index (χ2n) is 6.86. The monoisotopic (exact) mass is 454 g/mol. The summed E-state index contributed by atoms with van der Waals surface area (Å²) in [5.74, 6) is -0.660. The molecule has 0 spiro atoms. The predicted octanol–water partition coefficient (Wildman–Crippen LogP) is 3.48. The molecule has 1 fully saturated rings. The average molecular weight is 454 g/mol. The van der Waals surface area contributed by atoms with Crippen molar-refractivity contribution in [3.8, 4) is 5.75 Å². The molecule has 1 amide bonds. The Labute approximate surface area is 175 Å². The molecular formula is C20H17F3N2O5S. The molecule has 0 saturated carbocycles. The van der Waals surface area contributed by atoms with Gasteiger partial charge in [0.1, 0.15) is 11.3 Å². The molecule has 0 bridgehead atoms. The van der Waals surface area contributed by atoms with Gasteiger partial charge in [0.15, 0.2) is 5.76 Å². The standard InChI is InChI=1S/C20H17F3N2O5S/c21-20(22,23)30-15-5-7-16(8-6-15)31(27,28)25-11-9-24(10-12-25)19(26)18-13-14-3-1-2-4-17(14)29-18/h1-8,13H,9-12H2. The molecule has 4 rings (SSSR count). The number of halogens is 3. The summed E-state index contributed by atoms with van der Waals surface area (Å²) >= 11 is 0. The van der Waals surface area contributed by atoms with Crippen molar-refractivity contribution in [3.05, 3.63) is 60.4 Å². The van der Waals surface area contributed by atoms with Crippen molar-refractivity contribution in [3.63, 3.8) is 0 Å². The van der Waals surface area contributed by atoms with Crippen LogP contribution in [0.3, 0.4) is 0 Å². The molecule has 2 aromatic carbocycles. The van der Waals surface area contributed by atoms with E-state index in [0.29, 0.717) is 5.58 Å². The van der Waals surface area contributed by atoms with E-state index in [1.165, 1.54) is 9.21 Å². The number of rotatable bonds is 4. The smallest absolute Gasteiger partial charge is 0.451 e. The molecule has 1 saturated heterocycles. The van der Waals surface area contributed by atoms with E-state index in [9.17, 15) is 26.4 Å². The summed E-state index contributed by atoms with van der Waals surface area (Å²) in [5.41, 5.74) is 0.588. The molecule has 0 atom stereocenters. The number of nitrogens with zero attached hydrogens (tertiary/aromatic N) is 2. The molecule has 7 nitrogen and oxygen atoms in total. The molecule has 31 heavy (non-hydrogen) atoms. The van der Waals surface area contributed by atoms with E-state index < -0.39 is 22.1 Å². The molecule has 0 radical (unpaired) electrons. The van der Waals surface area contributed by atoms with E-state index in [-0.39, 0.29) is 42.7 Å². The topological polar surface area (TPSA) is 80.1 Å². The molecule has 1 aliphatic heterocycles. The van der Waals surface area contributed by atoms with Gasteiger partial charge < -0.3 is 14.1 Å². The quantitative estimate of drug-likeness (QED) is 0.603. The van der Waals surface area contributed by atoms with Crippen molar-refractivity contribution >= 4 is 26.9 Å². The number of amides is 1. The number of carbonyl (C=O) groups excluding carboxylic acids is 1. The maximum atomic E-state index is 12.8. The average Bonchev–Trinajstić information content (AvgIpc) is 3.17. The largest absolute Gasteiger partial charge is 0.573 e. The minimum Gasteiger partial charge on any atom is -0.451 e. The highest BCUT2D eigenvalue weighted by Crippen LogP contribution is 2.26. The molecule has 0 aliphatic carbocycles. The first-order valence-electron chi connectivity index (χ1n) is 9.27. The van der Waals surface area contributed by atoms with Gasteiger partial charge in [0, 0.05) is 31.6 Å². The molecule has 0 N–H and O–H groups in total. The van der Waals surface area contributed by atoms with E-state index in [4.69, 9.17) is 4.42 Å². The van der Waals surface area contributed by atoms with Gasteiger partial charge in [0.25, 0.3) is 5.91 Å². The van der Waals surface area contributed by atoms with Crippen molar-refractivity contribution < 1.29 is 35.5 Å². The van der Waals surface area contributed by atoms with Crippen molar-refractivity contribution in [1.82, 2.24) is 9.21 Å². The minimum atomic E-state index is -4.86. The molecule has 1 aliphatic rings. The van der Waals surface area contributed by atoms with Gasteiger partial charge in [-0.1, -0.05) is 18.2 Å². The van der Waals surface area contributed by atoms with E-state index >= 15 is 0 Å². The van der Waals surface area contributed by atoms with Crippen LogP contribution in [0.15, 0.2) is 63.9 Å². The van der Waals surface area contributed by atoms with E-state index in [1.807, 2.05) is 12.1 Å². The first kappa shape index (κ1) is 21.2. The van der Waals surface area contributed by atoms with Gasteiger partial charge in [-0.15, -0.1) is 13.2 Å². The van der Waals surface area contributed by atoms with Crippen LogP contribution in [0.25, 0.3) is 11.0 Å². The molecule has 11 heteroatoms. The summed E-state index contributed by atoms with van der Waals surface area (Å²) in [4.78, 5) is 14.1. The number of para-hydroxylation sites is 1. The van der Waals surface area contributed by atoms with Crippen molar-refractivity contribution in [2.24, 2.45) is 0 Å². The van der Waals surface area contributed by atoms with Crippen LogP contribution in [0.5, 0.6) is 5.75 Å². The molecule has 2 heterocycles. The fourth-order valence-electron chi connectivity index (χ4n) is 3.34. The Morgan fingerprint density at radius 3 is 2.23 bits per heavy atom. The van der Waals surface area contributed by atoms with Crippen LogP contribution < -0.4 is 4.74 Å². The number of carbonyl (C=O) groups is 1. The fourth-order valence-corrected chi connectivity index (χ4v) is 4.76. The van der Waals surface area contributed by atoms with Gasteiger partial charge >= 0.3 is 6.36 Å². The Morgan fingerprint density at radius 1 is 0.968 bits per heavy atom. The number of fused-ring (bicyclic) bond motifs is 1. The lowest BCUT2D eigenvalue weighted by Crippen LogP contribution is -2.50. The second kappa shape index (κ2) is 7.89. The van der Waals surface area contributed by atoms with E-state index in [2.05, 4.69) is 4.74 Å². The highest BCUT2D eigenvalue weighted by molar-refractivity contribution is 7.89. The van der Waals surface area contributed by atoms with Crippen LogP contribution in [0.4, 0.5) is 13.2 Å². The summed E-state index contributed by atoms with van der Waals surface area (Å²) in [6, 6.07) is 12.9. The number of ether oxygens (including phenoxy) is 1. The van der Waals surface area contributed by atoms with Gasteiger partial charge in [0.2, 0.25) is 10.0 Å². The number of sulfonamides is 1. The molecule has 1 aromatic heterocycles. The third kappa shape index (κ3) is 4.52. The summed E-state index contributed by atoms with van der Waals surface area (Å²) in [7, 11) is -3.92. The normalized spacial score (nSPS) is 15.9. The van der Waals surface area contributed by atoms with Crippen LogP contribution in [0, 0.1) is 0 Å². The molecule has 3 aromatic rings. The maximum Gasteiger partial charge on any atom is 0.573 e. The Balaban J connectivity index is 1.42. The van der Waals surface area contributed by atoms with Gasteiger partial charge in [-0.05, 0) is 36.4 Å². The second-order valence-corrected chi connectivity index (χ2v) is 8.80. The number of alkyl halides is 3. The third-order valence-electron chi connectivity index (χ3n) is 4.86. The predicted molar refractivity (Wildman–Crippen MR) is 104 cm³/mol. The van der Waals surface area contributed by atoms with Crippen molar-refractivity contribution in [2.75, 3.05) is 26.2 Å². The Kier molecular flexibility index (Phi) is 5.40. The van der Waals surface area contributed by atoms with Crippen LogP contribution >= 0.6 is 0 Å². The van der Waals surface area contributed by atoms with Crippen LogP contribution in [-0.2, 0) is 10.0 Å². The molecule has 164 valence electrons. The van der Waals surface area contributed by atoms with Crippen LogP contribution in [0.2, 0.25) is 0 Å². The zero-order valence-electron chi connectivity index (χ0n) is 16.0. The zero-order chi connectivity index (χ0) is 22.2. The lowest BCUT2D eigenvalue weighted by Gasteiger charge is -2.33. The van der Waals surface area contributed by atoms with Gasteiger partial charge in [-0.3, -0.25) is 4.79 Å². The molecule has 0 unspecified atom stereocenters. The summed E-state index contributed by atoms with van der Waals surface area (Å²) < 4.78 is 72.9. The minimum absolute atomic E-state index is 0.0507. The number of benzene rings is 2. The van der Waals surface area contributed by atoms with Crippen molar-refractivity contribution in [2.45, 2.75) is 11.3 Å². The van der Waals surface area contributed by atoms with Gasteiger partial charge in [-0.2, -0.15) is 4.31 Å². The lowest BCUT2D eigenvalue weighted by atomic mass is 10.2. The zero-order valence-corrected chi connectivity index (χ0v) is 16.8. The Bertz CT molecular complexity index is 1160.